The van der Waals surface area contributed by atoms with Gasteiger partial charge in [-0.2, -0.15) is 5.01 Å². The number of carbonyl (C=O) groups excluding carboxylic acids is 5. The van der Waals surface area contributed by atoms with Gasteiger partial charge in [-0.05, 0) is 86.5 Å². The van der Waals surface area contributed by atoms with Crippen molar-refractivity contribution in [2.75, 3.05) is 6.54 Å². The van der Waals surface area contributed by atoms with E-state index >= 15 is 0 Å². The second-order valence-corrected chi connectivity index (χ2v) is 11.8. The van der Waals surface area contributed by atoms with E-state index in [1.54, 1.807) is 24.3 Å². The Hall–Kier alpha value is -3.79. The molecule has 0 aromatic heterocycles. The van der Waals surface area contributed by atoms with Crippen molar-refractivity contribution in [3.8, 4) is 5.75 Å². The highest BCUT2D eigenvalue weighted by Gasteiger charge is 2.51. The van der Waals surface area contributed by atoms with Gasteiger partial charge < -0.3 is 4.74 Å². The van der Waals surface area contributed by atoms with E-state index in [9.17, 15) is 24.0 Å². The van der Waals surface area contributed by atoms with Gasteiger partial charge in [-0.15, -0.1) is 0 Å². The summed E-state index contributed by atoms with van der Waals surface area (Å²) < 4.78 is 6.21. The number of amides is 3. The molecule has 1 aliphatic heterocycles. The number of hydrogen-bond acceptors (Lipinski definition) is 6. The van der Waals surface area contributed by atoms with Crippen LogP contribution >= 0.6 is 39.1 Å². The van der Waals surface area contributed by atoms with Crippen LogP contribution < -0.4 is 4.74 Å². The number of Topliss-reactive ketones (excluding diaryl/α,β-unsaturated/α-hetero) is 1. The number of ketones is 1. The number of halogens is 3. The Morgan fingerprint density at radius 1 is 0.881 bits per heavy atom. The number of ether oxygens (including phenoxy) is 1. The minimum absolute atomic E-state index is 0.0529. The van der Waals surface area contributed by atoms with Gasteiger partial charge in [0.05, 0.1) is 27.4 Å². The highest BCUT2D eigenvalue weighted by atomic mass is 79.9. The lowest BCUT2D eigenvalue weighted by atomic mass is 9.82. The van der Waals surface area contributed by atoms with E-state index < -0.39 is 47.9 Å². The Kier molecular flexibility index (Phi) is 8.63. The summed E-state index contributed by atoms with van der Waals surface area (Å²) in [4.78, 5) is 66.5. The van der Waals surface area contributed by atoms with E-state index in [1.165, 1.54) is 42.5 Å². The molecule has 5 rings (SSSR count). The second kappa shape index (κ2) is 12.2. The summed E-state index contributed by atoms with van der Waals surface area (Å²) in [6.07, 6.45) is 2.69. The number of allylic oxidation sites excluding steroid dienone is 2. The molecule has 0 unspecified atom stereocenters. The third-order valence-corrected chi connectivity index (χ3v) is 8.47. The van der Waals surface area contributed by atoms with Crippen LogP contribution in [0.25, 0.3) is 0 Å². The quantitative estimate of drug-likeness (QED) is 0.0929. The number of esters is 1. The van der Waals surface area contributed by atoms with Crippen LogP contribution in [0.3, 0.4) is 0 Å². The number of nitrogens with zero attached hydrogens (tertiary/aromatic N) is 2. The summed E-state index contributed by atoms with van der Waals surface area (Å²) in [7, 11) is 0. The zero-order chi connectivity index (χ0) is 30.1. The Morgan fingerprint density at radius 2 is 1.50 bits per heavy atom. The molecule has 1 saturated heterocycles. The lowest BCUT2D eigenvalue weighted by Gasteiger charge is -2.30. The molecular weight excluding hydrogens is 647 g/mol. The lowest BCUT2D eigenvalue weighted by molar-refractivity contribution is -0.154. The highest BCUT2D eigenvalue weighted by Crippen LogP contribution is 2.39. The van der Waals surface area contributed by atoms with Crippen LogP contribution in [-0.2, 0) is 9.59 Å². The Labute approximate surface area is 259 Å². The van der Waals surface area contributed by atoms with Gasteiger partial charge in [0.15, 0.2) is 5.78 Å². The highest BCUT2D eigenvalue weighted by molar-refractivity contribution is 9.10. The molecule has 2 atom stereocenters. The summed E-state index contributed by atoms with van der Waals surface area (Å²) in [5, 5.41) is 2.01. The number of hydrazine groups is 1. The zero-order valence-electron chi connectivity index (χ0n) is 22.2. The van der Waals surface area contributed by atoms with Crippen molar-refractivity contribution in [2.24, 2.45) is 11.8 Å². The Bertz CT molecular complexity index is 1640. The molecule has 1 fully saturated rings. The van der Waals surface area contributed by atoms with Crippen LogP contribution in [0.5, 0.6) is 5.75 Å². The number of fused-ring (bicyclic) bond motifs is 1. The van der Waals surface area contributed by atoms with Crippen molar-refractivity contribution >= 4 is 68.6 Å². The fraction of sp³-hybridized carbons (Fsp3) is 0.194. The van der Waals surface area contributed by atoms with Crippen molar-refractivity contribution in [2.45, 2.75) is 19.8 Å². The van der Waals surface area contributed by atoms with Crippen molar-refractivity contribution < 1.29 is 28.7 Å². The SMILES string of the molecule is CC1=CC[C@@H]2C(=O)N(N(CC(=O)c3ccc(OC(=O)c4ccc(Br)cc4)cc3)C(=O)c3ccc(Cl)c(Cl)c3)C(=O)[C@@H]2C1. The maximum absolute atomic E-state index is 13.7. The molecule has 1 heterocycles. The first kappa shape index (κ1) is 29.7. The summed E-state index contributed by atoms with van der Waals surface area (Å²) in [6.45, 7) is 1.29. The van der Waals surface area contributed by atoms with Gasteiger partial charge in [0.25, 0.3) is 17.7 Å². The Balaban J connectivity index is 1.38. The molecular formula is C31H23BrCl2N2O6. The zero-order valence-corrected chi connectivity index (χ0v) is 25.3. The van der Waals surface area contributed by atoms with E-state index in [4.69, 9.17) is 27.9 Å². The number of rotatable bonds is 7. The predicted molar refractivity (Wildman–Crippen MR) is 159 cm³/mol. The summed E-state index contributed by atoms with van der Waals surface area (Å²) in [5.74, 6) is -3.95. The largest absolute Gasteiger partial charge is 0.423 e. The van der Waals surface area contributed by atoms with E-state index in [1.807, 2.05) is 13.0 Å². The van der Waals surface area contributed by atoms with Crippen molar-refractivity contribution in [3.63, 3.8) is 0 Å². The smallest absolute Gasteiger partial charge is 0.343 e. The molecule has 3 amide bonds. The van der Waals surface area contributed by atoms with Crippen LogP contribution in [-0.4, -0.2) is 46.0 Å². The van der Waals surface area contributed by atoms with Crippen LogP contribution in [0.4, 0.5) is 0 Å². The first-order chi connectivity index (χ1) is 20.0. The standard InChI is InChI=1S/C31H23BrCl2N2O6/c1-17-2-12-23-24(14-17)30(40)36(29(23)39)35(28(38)20-7-13-25(33)26(34)15-20)16-27(37)18-5-10-22(11-6-18)42-31(41)19-3-8-21(32)9-4-19/h2-11,13,15,23-24H,12,14,16H2,1H3/t23-,24+/m0/s1. The van der Waals surface area contributed by atoms with Gasteiger partial charge in [0, 0.05) is 15.6 Å². The predicted octanol–water partition coefficient (Wildman–Crippen LogP) is 6.56. The summed E-state index contributed by atoms with van der Waals surface area (Å²) >= 11 is 15.5. The molecule has 0 saturated carbocycles. The van der Waals surface area contributed by atoms with E-state index in [2.05, 4.69) is 15.9 Å². The lowest BCUT2D eigenvalue weighted by Crippen LogP contribution is -2.52. The number of benzene rings is 3. The molecule has 3 aromatic carbocycles. The van der Waals surface area contributed by atoms with E-state index in [0.29, 0.717) is 18.4 Å². The molecule has 0 spiro atoms. The Morgan fingerprint density at radius 3 is 2.17 bits per heavy atom. The third-order valence-electron chi connectivity index (χ3n) is 7.20. The maximum Gasteiger partial charge on any atom is 0.343 e. The minimum atomic E-state index is -0.757. The van der Waals surface area contributed by atoms with Gasteiger partial charge in [0.1, 0.15) is 12.3 Å². The number of hydrogen-bond donors (Lipinski definition) is 0. The fourth-order valence-electron chi connectivity index (χ4n) is 4.96. The molecule has 0 radical (unpaired) electrons. The van der Waals surface area contributed by atoms with Gasteiger partial charge in [0.2, 0.25) is 0 Å². The average Bonchev–Trinajstić information content (AvgIpc) is 3.21. The first-order valence-electron chi connectivity index (χ1n) is 12.9. The number of imide groups is 1. The molecule has 1 aliphatic carbocycles. The maximum atomic E-state index is 13.7. The van der Waals surface area contributed by atoms with Gasteiger partial charge in [-0.1, -0.05) is 50.8 Å². The molecule has 214 valence electrons. The number of carbonyl (C=O) groups is 5. The average molecular weight is 670 g/mol. The first-order valence-corrected chi connectivity index (χ1v) is 14.5. The molecule has 3 aromatic rings. The van der Waals surface area contributed by atoms with E-state index in [-0.39, 0.29) is 26.9 Å². The van der Waals surface area contributed by atoms with Crippen molar-refractivity contribution in [1.82, 2.24) is 10.0 Å². The molecule has 2 aliphatic rings. The third kappa shape index (κ3) is 6.04. The van der Waals surface area contributed by atoms with Crippen LogP contribution in [0, 0.1) is 11.8 Å². The normalized spacial score (nSPS) is 17.9. The fourth-order valence-corrected chi connectivity index (χ4v) is 5.52. The second-order valence-electron chi connectivity index (χ2n) is 10.0. The van der Waals surface area contributed by atoms with Gasteiger partial charge >= 0.3 is 5.97 Å². The van der Waals surface area contributed by atoms with Crippen LogP contribution in [0.2, 0.25) is 10.0 Å². The van der Waals surface area contributed by atoms with E-state index in [0.717, 1.165) is 20.1 Å². The van der Waals surface area contributed by atoms with Gasteiger partial charge in [-0.25, -0.2) is 9.80 Å². The summed E-state index contributed by atoms with van der Waals surface area (Å²) in [6, 6.07) is 16.6. The molecule has 8 nitrogen and oxygen atoms in total. The molecule has 0 bridgehead atoms. The van der Waals surface area contributed by atoms with Crippen LogP contribution in [0.15, 0.2) is 82.9 Å². The van der Waals surface area contributed by atoms with Gasteiger partial charge in [-0.3, -0.25) is 19.2 Å². The topological polar surface area (TPSA) is 101 Å². The minimum Gasteiger partial charge on any atom is -0.423 e. The van der Waals surface area contributed by atoms with Crippen LogP contribution in [0.1, 0.15) is 50.8 Å². The van der Waals surface area contributed by atoms with Crippen molar-refractivity contribution in [1.29, 1.82) is 0 Å². The molecule has 42 heavy (non-hydrogen) atoms. The van der Waals surface area contributed by atoms with Crippen molar-refractivity contribution in [3.05, 3.63) is 110 Å². The molecule has 11 heteroatoms. The monoisotopic (exact) mass is 668 g/mol. The summed E-state index contributed by atoms with van der Waals surface area (Å²) in [5.41, 5.74) is 1.57. The molecule has 0 N–H and O–H groups in total.